The molecule has 0 aliphatic heterocycles. The van der Waals surface area contributed by atoms with E-state index in [0.717, 1.165) is 11.4 Å². The fourth-order valence-electron chi connectivity index (χ4n) is 0.486. The summed E-state index contributed by atoms with van der Waals surface area (Å²) in [4.78, 5) is 8.20. The summed E-state index contributed by atoms with van der Waals surface area (Å²) in [6.45, 7) is 7.79. The second-order valence-electron chi connectivity index (χ2n) is 2.45. The number of amidine groups is 1. The zero-order chi connectivity index (χ0) is 9.40. The number of aliphatic imine (C=N–C) groups is 2. The third-order valence-electron chi connectivity index (χ3n) is 1.32. The van der Waals surface area contributed by atoms with Crippen molar-refractivity contribution in [3.63, 3.8) is 0 Å². The first-order valence-corrected chi connectivity index (χ1v) is 4.03. The molecular weight excluding hydrogens is 148 g/mol. The van der Waals surface area contributed by atoms with Gasteiger partial charge >= 0.3 is 0 Å². The molecule has 0 saturated heterocycles. The van der Waals surface area contributed by atoms with E-state index in [1.165, 1.54) is 0 Å². The number of rotatable bonds is 2. The van der Waals surface area contributed by atoms with Gasteiger partial charge in [-0.1, -0.05) is 12.2 Å². The van der Waals surface area contributed by atoms with Crippen molar-refractivity contribution >= 4 is 12.1 Å². The maximum Gasteiger partial charge on any atom is 0.125 e. The molecule has 0 aromatic rings. The lowest BCUT2D eigenvalue weighted by atomic mass is 10.3. The highest BCUT2D eigenvalue weighted by Gasteiger charge is 1.81. The predicted molar refractivity (Wildman–Crippen MR) is 55.8 cm³/mol. The van der Waals surface area contributed by atoms with Crippen molar-refractivity contribution in [2.75, 3.05) is 0 Å². The SMILES string of the molecule is C/C=C\N=C(C)N=C/C(C)=C\C. The van der Waals surface area contributed by atoms with E-state index in [-0.39, 0.29) is 0 Å². The molecule has 0 spiro atoms. The second kappa shape index (κ2) is 6.53. The molecule has 0 aliphatic rings. The molecule has 12 heavy (non-hydrogen) atoms. The molecule has 0 atom stereocenters. The summed E-state index contributed by atoms with van der Waals surface area (Å²) in [7, 11) is 0. The second-order valence-corrected chi connectivity index (χ2v) is 2.45. The lowest BCUT2D eigenvalue weighted by Gasteiger charge is -1.88. The summed E-state index contributed by atoms with van der Waals surface area (Å²) < 4.78 is 0. The zero-order valence-corrected chi connectivity index (χ0v) is 8.20. The van der Waals surface area contributed by atoms with Gasteiger partial charge < -0.3 is 0 Å². The monoisotopic (exact) mass is 164 g/mol. The van der Waals surface area contributed by atoms with E-state index >= 15 is 0 Å². The van der Waals surface area contributed by atoms with Crippen molar-refractivity contribution in [3.05, 3.63) is 23.9 Å². The van der Waals surface area contributed by atoms with E-state index in [1.807, 2.05) is 46.1 Å². The van der Waals surface area contributed by atoms with Gasteiger partial charge in [-0.2, -0.15) is 0 Å². The predicted octanol–water partition coefficient (Wildman–Crippen LogP) is 2.98. The molecule has 66 valence electrons. The third kappa shape index (κ3) is 5.59. The smallest absolute Gasteiger partial charge is 0.125 e. The first-order chi connectivity index (χ1) is 5.70. The van der Waals surface area contributed by atoms with E-state index in [1.54, 1.807) is 6.20 Å². The summed E-state index contributed by atoms with van der Waals surface area (Å²) in [6, 6.07) is 0. The van der Waals surface area contributed by atoms with E-state index < -0.39 is 0 Å². The lowest BCUT2D eigenvalue weighted by Crippen LogP contribution is -1.86. The Kier molecular flexibility index (Phi) is 5.88. The average molecular weight is 164 g/mol. The molecule has 0 bridgehead atoms. The summed E-state index contributed by atoms with van der Waals surface area (Å²) in [5.41, 5.74) is 1.14. The molecule has 0 N–H and O–H groups in total. The van der Waals surface area contributed by atoms with Crippen LogP contribution < -0.4 is 0 Å². The van der Waals surface area contributed by atoms with Crippen LogP contribution in [0.1, 0.15) is 27.7 Å². The van der Waals surface area contributed by atoms with Crippen molar-refractivity contribution in [1.82, 2.24) is 0 Å². The quantitative estimate of drug-likeness (QED) is 0.443. The van der Waals surface area contributed by atoms with Crippen molar-refractivity contribution < 1.29 is 0 Å². The van der Waals surface area contributed by atoms with Crippen LogP contribution >= 0.6 is 0 Å². The zero-order valence-electron chi connectivity index (χ0n) is 8.20. The Morgan fingerprint density at radius 1 is 1.17 bits per heavy atom. The number of hydrogen-bond acceptors (Lipinski definition) is 1. The van der Waals surface area contributed by atoms with E-state index in [4.69, 9.17) is 0 Å². The summed E-state index contributed by atoms with van der Waals surface area (Å²) in [5.74, 6) is 0.773. The molecule has 2 nitrogen and oxygen atoms in total. The first kappa shape index (κ1) is 10.8. The standard InChI is InChI=1S/C10H16N2/c1-5-7-11-10(4)12-8-9(3)6-2/h5-8H,1-4H3/b7-5-,9-6-,11-10?,12-8?. The van der Waals surface area contributed by atoms with Gasteiger partial charge in [0.2, 0.25) is 0 Å². The van der Waals surface area contributed by atoms with Crippen molar-refractivity contribution in [2.45, 2.75) is 27.7 Å². The molecule has 2 heteroatoms. The highest BCUT2D eigenvalue weighted by atomic mass is 14.9. The maximum atomic E-state index is 4.14. The van der Waals surface area contributed by atoms with Crippen molar-refractivity contribution in [2.24, 2.45) is 9.98 Å². The van der Waals surface area contributed by atoms with Gasteiger partial charge in [-0.15, -0.1) is 0 Å². The molecule has 0 heterocycles. The highest BCUT2D eigenvalue weighted by molar-refractivity contribution is 5.93. The minimum atomic E-state index is 0.773. The van der Waals surface area contributed by atoms with Crippen molar-refractivity contribution in [3.8, 4) is 0 Å². The minimum absolute atomic E-state index is 0.773. The Morgan fingerprint density at radius 3 is 2.33 bits per heavy atom. The number of hydrogen-bond donors (Lipinski definition) is 0. The summed E-state index contributed by atoms with van der Waals surface area (Å²) in [6.07, 6.45) is 7.42. The molecule has 0 radical (unpaired) electrons. The fraction of sp³-hybridized carbons (Fsp3) is 0.400. The molecule has 0 amide bonds. The Morgan fingerprint density at radius 2 is 1.83 bits per heavy atom. The minimum Gasteiger partial charge on any atom is -0.242 e. The van der Waals surface area contributed by atoms with Gasteiger partial charge in [-0.05, 0) is 33.3 Å². The van der Waals surface area contributed by atoms with Crippen LogP contribution in [0.4, 0.5) is 0 Å². The largest absolute Gasteiger partial charge is 0.242 e. The molecule has 0 aromatic carbocycles. The normalized spacial score (nSPS) is 15.0. The Balaban J connectivity index is 4.16. The molecule has 0 fully saturated rings. The topological polar surface area (TPSA) is 24.7 Å². The first-order valence-electron chi connectivity index (χ1n) is 4.03. The van der Waals surface area contributed by atoms with E-state index in [2.05, 4.69) is 9.98 Å². The summed E-state index contributed by atoms with van der Waals surface area (Å²) in [5, 5.41) is 0. The average Bonchev–Trinajstić information content (AvgIpc) is 2.10. The van der Waals surface area contributed by atoms with Crippen LogP contribution in [0.3, 0.4) is 0 Å². The van der Waals surface area contributed by atoms with Gasteiger partial charge in [-0.3, -0.25) is 0 Å². The molecule has 0 aliphatic carbocycles. The molecule has 0 saturated carbocycles. The van der Waals surface area contributed by atoms with Gasteiger partial charge in [0.15, 0.2) is 0 Å². The van der Waals surface area contributed by atoms with Crippen LogP contribution in [0, 0.1) is 0 Å². The van der Waals surface area contributed by atoms with Gasteiger partial charge in [0.05, 0.1) is 0 Å². The third-order valence-corrected chi connectivity index (χ3v) is 1.32. The fourth-order valence-corrected chi connectivity index (χ4v) is 0.486. The number of allylic oxidation sites excluding steroid dienone is 3. The lowest BCUT2D eigenvalue weighted by molar-refractivity contribution is 1.44. The molecular formula is C10H16N2. The summed E-state index contributed by atoms with van der Waals surface area (Å²) >= 11 is 0. The maximum absolute atomic E-state index is 4.14. The van der Waals surface area contributed by atoms with Crippen LogP contribution in [0.2, 0.25) is 0 Å². The van der Waals surface area contributed by atoms with Gasteiger partial charge in [-0.25, -0.2) is 9.98 Å². The van der Waals surface area contributed by atoms with Crippen LogP contribution in [-0.2, 0) is 0 Å². The van der Waals surface area contributed by atoms with Crippen LogP contribution in [0.15, 0.2) is 33.9 Å². The van der Waals surface area contributed by atoms with Gasteiger partial charge in [0, 0.05) is 12.4 Å². The van der Waals surface area contributed by atoms with Crippen LogP contribution in [0.25, 0.3) is 0 Å². The van der Waals surface area contributed by atoms with Crippen LogP contribution in [0.5, 0.6) is 0 Å². The molecule has 0 unspecified atom stereocenters. The van der Waals surface area contributed by atoms with Gasteiger partial charge in [0.1, 0.15) is 5.84 Å². The highest BCUT2D eigenvalue weighted by Crippen LogP contribution is 1.88. The molecule has 0 rings (SSSR count). The number of nitrogens with zero attached hydrogens (tertiary/aromatic N) is 2. The van der Waals surface area contributed by atoms with E-state index in [9.17, 15) is 0 Å². The Bertz CT molecular complexity index is 232. The van der Waals surface area contributed by atoms with Crippen molar-refractivity contribution in [1.29, 1.82) is 0 Å². The van der Waals surface area contributed by atoms with E-state index in [0.29, 0.717) is 0 Å². The van der Waals surface area contributed by atoms with Gasteiger partial charge in [0.25, 0.3) is 0 Å². The van der Waals surface area contributed by atoms with Crippen LogP contribution in [-0.4, -0.2) is 12.1 Å². The Hall–Kier alpha value is -1.18. The Labute approximate surface area is 74.4 Å². The molecule has 0 aromatic heterocycles.